The van der Waals surface area contributed by atoms with Crippen molar-refractivity contribution in [1.82, 2.24) is 9.97 Å². The Morgan fingerprint density at radius 2 is 1.78 bits per heavy atom. The van der Waals surface area contributed by atoms with Crippen LogP contribution in [0.2, 0.25) is 0 Å². The van der Waals surface area contributed by atoms with Gasteiger partial charge in [0.25, 0.3) is 0 Å². The molecule has 0 fully saturated rings. The number of carbonyl (C=O) groups excluding carboxylic acids is 1. The first kappa shape index (κ1) is 10.6. The van der Waals surface area contributed by atoms with Crippen molar-refractivity contribution in [2.75, 3.05) is 0 Å². The van der Waals surface area contributed by atoms with Gasteiger partial charge in [-0.3, -0.25) is 9.78 Å². The molecule has 0 saturated heterocycles. The van der Waals surface area contributed by atoms with Crippen LogP contribution in [-0.2, 0) is 0 Å². The molecule has 2 aromatic carbocycles. The van der Waals surface area contributed by atoms with Gasteiger partial charge in [0.1, 0.15) is 6.29 Å². The Labute approximate surface area is 104 Å². The van der Waals surface area contributed by atoms with E-state index in [4.69, 9.17) is 0 Å². The van der Waals surface area contributed by atoms with Crippen LogP contribution in [0, 0.1) is 0 Å². The Bertz CT molecular complexity index is 722. The Morgan fingerprint density at radius 1 is 0.944 bits per heavy atom. The summed E-state index contributed by atoms with van der Waals surface area (Å²) >= 11 is 0. The molecule has 0 radical (unpaired) electrons. The number of aldehydes is 1. The highest BCUT2D eigenvalue weighted by Gasteiger charge is 2.02. The summed E-state index contributed by atoms with van der Waals surface area (Å²) in [5.74, 6) is 0. The zero-order chi connectivity index (χ0) is 12.4. The number of nitrogens with zero attached hydrogens (tertiary/aromatic N) is 2. The van der Waals surface area contributed by atoms with Crippen LogP contribution < -0.4 is 0 Å². The lowest BCUT2D eigenvalue weighted by atomic mass is 10.1. The minimum Gasteiger partial charge on any atom is -0.298 e. The van der Waals surface area contributed by atoms with E-state index in [0.29, 0.717) is 5.56 Å². The predicted molar refractivity (Wildman–Crippen MR) is 70.4 cm³/mol. The molecule has 3 rings (SSSR count). The first-order valence-electron chi connectivity index (χ1n) is 5.64. The zero-order valence-corrected chi connectivity index (χ0v) is 9.58. The Kier molecular flexibility index (Phi) is 2.57. The van der Waals surface area contributed by atoms with Crippen molar-refractivity contribution >= 4 is 17.3 Å². The minimum atomic E-state index is 0.641. The second-order valence-electron chi connectivity index (χ2n) is 3.99. The van der Waals surface area contributed by atoms with Crippen molar-refractivity contribution in [3.05, 3.63) is 60.3 Å². The Hall–Kier alpha value is -2.55. The molecule has 0 bridgehead atoms. The van der Waals surface area contributed by atoms with Crippen molar-refractivity contribution in [3.8, 4) is 11.3 Å². The van der Waals surface area contributed by atoms with Gasteiger partial charge in [0.15, 0.2) is 0 Å². The first-order valence-corrected chi connectivity index (χ1v) is 5.64. The molecular weight excluding hydrogens is 224 g/mol. The summed E-state index contributed by atoms with van der Waals surface area (Å²) in [6.07, 6.45) is 2.56. The van der Waals surface area contributed by atoms with Gasteiger partial charge >= 0.3 is 0 Å². The molecular formula is C15H10N2O. The molecule has 0 aliphatic rings. The molecule has 86 valence electrons. The Balaban J connectivity index is 2.15. The smallest absolute Gasteiger partial charge is 0.150 e. The maximum atomic E-state index is 10.8. The number of hydrogen-bond acceptors (Lipinski definition) is 3. The van der Waals surface area contributed by atoms with Gasteiger partial charge in [-0.1, -0.05) is 30.3 Å². The number of fused-ring (bicyclic) bond motifs is 1. The van der Waals surface area contributed by atoms with Crippen LogP contribution in [0.25, 0.3) is 22.3 Å². The number of hydrogen-bond donors (Lipinski definition) is 0. The van der Waals surface area contributed by atoms with Gasteiger partial charge in [-0.25, -0.2) is 4.98 Å². The molecule has 0 spiro atoms. The summed E-state index contributed by atoms with van der Waals surface area (Å²) in [5, 5.41) is 0. The van der Waals surface area contributed by atoms with Gasteiger partial charge in [0.05, 0.1) is 22.9 Å². The van der Waals surface area contributed by atoms with Crippen LogP contribution in [0.4, 0.5) is 0 Å². The van der Waals surface area contributed by atoms with Gasteiger partial charge in [-0.05, 0) is 18.2 Å². The summed E-state index contributed by atoms with van der Waals surface area (Å²) in [4.78, 5) is 19.7. The summed E-state index contributed by atoms with van der Waals surface area (Å²) < 4.78 is 0. The monoisotopic (exact) mass is 234 g/mol. The highest BCUT2D eigenvalue weighted by molar-refractivity contribution is 5.80. The molecule has 0 N–H and O–H groups in total. The molecule has 0 unspecified atom stereocenters. The quantitative estimate of drug-likeness (QED) is 0.640. The molecule has 0 saturated carbocycles. The van der Waals surface area contributed by atoms with Crippen molar-refractivity contribution in [3.63, 3.8) is 0 Å². The van der Waals surface area contributed by atoms with E-state index < -0.39 is 0 Å². The normalized spacial score (nSPS) is 10.4. The molecule has 3 nitrogen and oxygen atoms in total. The highest BCUT2D eigenvalue weighted by Crippen LogP contribution is 2.19. The fourth-order valence-electron chi connectivity index (χ4n) is 1.87. The number of rotatable bonds is 2. The first-order chi connectivity index (χ1) is 8.86. The van der Waals surface area contributed by atoms with E-state index in [2.05, 4.69) is 9.97 Å². The fourth-order valence-corrected chi connectivity index (χ4v) is 1.87. The third kappa shape index (κ3) is 1.86. The van der Waals surface area contributed by atoms with Gasteiger partial charge in [0.2, 0.25) is 0 Å². The van der Waals surface area contributed by atoms with E-state index >= 15 is 0 Å². The number of para-hydroxylation sites is 2. The topological polar surface area (TPSA) is 42.9 Å². The summed E-state index contributed by atoms with van der Waals surface area (Å²) in [5.41, 5.74) is 4.04. The SMILES string of the molecule is O=Cc1cccc(-c2cnc3ccccc3n2)c1. The largest absolute Gasteiger partial charge is 0.298 e. The fraction of sp³-hybridized carbons (Fsp3) is 0. The van der Waals surface area contributed by atoms with Crippen LogP contribution in [0.1, 0.15) is 10.4 Å². The van der Waals surface area contributed by atoms with E-state index in [1.165, 1.54) is 0 Å². The predicted octanol–water partition coefficient (Wildman–Crippen LogP) is 3.11. The lowest BCUT2D eigenvalue weighted by molar-refractivity contribution is 0.112. The molecule has 3 aromatic rings. The van der Waals surface area contributed by atoms with E-state index in [1.807, 2.05) is 42.5 Å². The van der Waals surface area contributed by atoms with E-state index in [9.17, 15) is 4.79 Å². The van der Waals surface area contributed by atoms with E-state index in [-0.39, 0.29) is 0 Å². The Morgan fingerprint density at radius 3 is 2.61 bits per heavy atom. The molecule has 1 aromatic heterocycles. The van der Waals surface area contributed by atoms with E-state index in [1.54, 1.807) is 12.3 Å². The second-order valence-corrected chi connectivity index (χ2v) is 3.99. The molecule has 0 atom stereocenters. The summed E-state index contributed by atoms with van der Waals surface area (Å²) in [6, 6.07) is 15.1. The number of aromatic nitrogens is 2. The van der Waals surface area contributed by atoms with Gasteiger partial charge in [-0.2, -0.15) is 0 Å². The van der Waals surface area contributed by atoms with Crippen LogP contribution in [0.3, 0.4) is 0 Å². The maximum absolute atomic E-state index is 10.8. The number of carbonyl (C=O) groups is 1. The van der Waals surface area contributed by atoms with Crippen molar-refractivity contribution in [2.24, 2.45) is 0 Å². The maximum Gasteiger partial charge on any atom is 0.150 e. The van der Waals surface area contributed by atoms with Crippen LogP contribution >= 0.6 is 0 Å². The van der Waals surface area contributed by atoms with Gasteiger partial charge < -0.3 is 0 Å². The summed E-state index contributed by atoms with van der Waals surface area (Å²) in [7, 11) is 0. The standard InChI is InChI=1S/C15H10N2O/c18-10-11-4-3-5-12(8-11)15-9-16-13-6-1-2-7-14(13)17-15/h1-10H. The molecule has 0 aliphatic carbocycles. The average molecular weight is 234 g/mol. The lowest BCUT2D eigenvalue weighted by Crippen LogP contribution is -1.89. The molecule has 0 amide bonds. The van der Waals surface area contributed by atoms with E-state index in [0.717, 1.165) is 28.6 Å². The van der Waals surface area contributed by atoms with Crippen LogP contribution in [-0.4, -0.2) is 16.3 Å². The second kappa shape index (κ2) is 4.37. The van der Waals surface area contributed by atoms with Crippen LogP contribution in [0.5, 0.6) is 0 Å². The van der Waals surface area contributed by atoms with Crippen molar-refractivity contribution < 1.29 is 4.79 Å². The third-order valence-electron chi connectivity index (χ3n) is 2.77. The number of benzene rings is 2. The molecule has 3 heteroatoms. The highest BCUT2D eigenvalue weighted by atomic mass is 16.1. The van der Waals surface area contributed by atoms with Gasteiger partial charge in [0, 0.05) is 11.1 Å². The third-order valence-corrected chi connectivity index (χ3v) is 2.77. The lowest BCUT2D eigenvalue weighted by Gasteiger charge is -2.03. The van der Waals surface area contributed by atoms with Gasteiger partial charge in [-0.15, -0.1) is 0 Å². The molecule has 0 aliphatic heterocycles. The molecule has 18 heavy (non-hydrogen) atoms. The van der Waals surface area contributed by atoms with Crippen LogP contribution in [0.15, 0.2) is 54.7 Å². The zero-order valence-electron chi connectivity index (χ0n) is 9.58. The molecule has 1 heterocycles. The average Bonchev–Trinajstić information content (AvgIpc) is 2.47. The van der Waals surface area contributed by atoms with Crippen molar-refractivity contribution in [2.45, 2.75) is 0 Å². The summed E-state index contributed by atoms with van der Waals surface area (Å²) in [6.45, 7) is 0. The van der Waals surface area contributed by atoms with Crippen molar-refractivity contribution in [1.29, 1.82) is 0 Å². The minimum absolute atomic E-state index is 0.641.